The molecule has 0 amide bonds. The number of guanidine groups is 1. The number of oxazole rings is 1. The second kappa shape index (κ2) is 10.8. The minimum absolute atomic E-state index is 0. The minimum atomic E-state index is -3.11. The number of sulfonamides is 1. The van der Waals surface area contributed by atoms with Gasteiger partial charge in [0, 0.05) is 31.6 Å². The largest absolute Gasteiger partial charge is 0.443 e. The van der Waals surface area contributed by atoms with Crippen molar-refractivity contribution >= 4 is 40.0 Å². The molecule has 2 N–H and O–H groups in total. The van der Waals surface area contributed by atoms with Crippen LogP contribution in [0, 0.1) is 0 Å². The highest BCUT2D eigenvalue weighted by Gasteiger charge is 2.27. The van der Waals surface area contributed by atoms with Gasteiger partial charge in [0.1, 0.15) is 5.76 Å². The lowest BCUT2D eigenvalue weighted by Crippen LogP contribution is -2.49. The van der Waals surface area contributed by atoms with Crippen LogP contribution in [0.15, 0.2) is 15.6 Å². The maximum atomic E-state index is 12.2. The molecular formula is C18H34IN5O3S. The lowest BCUT2D eigenvalue weighted by Gasteiger charge is -2.32. The van der Waals surface area contributed by atoms with Crippen molar-refractivity contribution in [3.8, 4) is 0 Å². The van der Waals surface area contributed by atoms with Gasteiger partial charge >= 0.3 is 0 Å². The summed E-state index contributed by atoms with van der Waals surface area (Å²) < 4.78 is 31.7. The van der Waals surface area contributed by atoms with E-state index in [2.05, 4.69) is 41.4 Å². The molecule has 0 bridgehead atoms. The highest BCUT2D eigenvalue weighted by atomic mass is 127. The van der Waals surface area contributed by atoms with Gasteiger partial charge in [-0.25, -0.2) is 17.7 Å². The molecule has 0 unspecified atom stereocenters. The van der Waals surface area contributed by atoms with Crippen LogP contribution in [0.25, 0.3) is 0 Å². The summed E-state index contributed by atoms with van der Waals surface area (Å²) in [6.07, 6.45) is 3.93. The van der Waals surface area contributed by atoms with Crippen LogP contribution in [0.1, 0.15) is 58.6 Å². The van der Waals surface area contributed by atoms with Gasteiger partial charge in [0.15, 0.2) is 5.96 Å². The average molecular weight is 527 g/mol. The SMILES string of the molecule is CCCS(=O)(=O)N1CCC(NC(=NC)NCc2ncc(C(C)(C)C)o2)CC1.I. The Hall–Kier alpha value is -0.880. The molecule has 0 atom stereocenters. The van der Waals surface area contributed by atoms with Crippen LogP contribution >= 0.6 is 24.0 Å². The fourth-order valence-electron chi connectivity index (χ4n) is 2.95. The third-order valence-corrected chi connectivity index (χ3v) is 6.65. The number of nitrogens with one attached hydrogen (secondary N) is 2. The fraction of sp³-hybridized carbons (Fsp3) is 0.778. The van der Waals surface area contributed by atoms with Crippen LogP contribution in [0.2, 0.25) is 0 Å². The topological polar surface area (TPSA) is 99.8 Å². The number of nitrogens with zero attached hydrogens (tertiary/aromatic N) is 3. The predicted molar refractivity (Wildman–Crippen MR) is 123 cm³/mol. The summed E-state index contributed by atoms with van der Waals surface area (Å²) in [5.41, 5.74) is -0.0722. The van der Waals surface area contributed by atoms with Crippen molar-refractivity contribution < 1.29 is 12.8 Å². The van der Waals surface area contributed by atoms with E-state index in [9.17, 15) is 8.42 Å². The Bertz CT molecular complexity index is 735. The van der Waals surface area contributed by atoms with E-state index < -0.39 is 10.0 Å². The summed E-state index contributed by atoms with van der Waals surface area (Å²) in [5.74, 6) is 2.35. The molecule has 28 heavy (non-hydrogen) atoms. The molecule has 2 heterocycles. The number of piperidine rings is 1. The molecule has 162 valence electrons. The van der Waals surface area contributed by atoms with Gasteiger partial charge in [-0.15, -0.1) is 24.0 Å². The van der Waals surface area contributed by atoms with Gasteiger partial charge in [-0.2, -0.15) is 0 Å². The van der Waals surface area contributed by atoms with E-state index >= 15 is 0 Å². The first-order valence-corrected chi connectivity index (χ1v) is 11.2. The van der Waals surface area contributed by atoms with E-state index in [0.717, 1.165) is 18.6 Å². The highest BCUT2D eigenvalue weighted by molar-refractivity contribution is 14.0. The highest BCUT2D eigenvalue weighted by Crippen LogP contribution is 2.22. The summed E-state index contributed by atoms with van der Waals surface area (Å²) in [6.45, 7) is 9.67. The summed E-state index contributed by atoms with van der Waals surface area (Å²) >= 11 is 0. The Morgan fingerprint density at radius 3 is 2.50 bits per heavy atom. The van der Waals surface area contributed by atoms with Crippen LogP contribution in [0.3, 0.4) is 0 Å². The molecule has 1 aromatic heterocycles. The third kappa shape index (κ3) is 7.18. The third-order valence-electron chi connectivity index (χ3n) is 4.57. The van der Waals surface area contributed by atoms with Crippen molar-refractivity contribution in [1.29, 1.82) is 0 Å². The number of hydrogen-bond acceptors (Lipinski definition) is 5. The number of aromatic nitrogens is 1. The molecule has 0 aliphatic carbocycles. The summed E-state index contributed by atoms with van der Waals surface area (Å²) in [5, 5.41) is 6.58. The molecule has 2 rings (SSSR count). The summed E-state index contributed by atoms with van der Waals surface area (Å²) in [6, 6.07) is 0.193. The molecule has 1 aromatic rings. The maximum absolute atomic E-state index is 12.2. The number of halogens is 1. The van der Waals surface area contributed by atoms with Gasteiger partial charge in [0.05, 0.1) is 18.5 Å². The predicted octanol–water partition coefficient (Wildman–Crippen LogP) is 2.46. The molecule has 1 saturated heterocycles. The Morgan fingerprint density at radius 1 is 1.36 bits per heavy atom. The van der Waals surface area contributed by atoms with E-state index in [4.69, 9.17) is 4.42 Å². The quantitative estimate of drug-likeness (QED) is 0.335. The Morgan fingerprint density at radius 2 is 2.00 bits per heavy atom. The summed E-state index contributed by atoms with van der Waals surface area (Å²) in [7, 11) is -1.39. The van der Waals surface area contributed by atoms with Crippen LogP contribution in [0.4, 0.5) is 0 Å². The second-order valence-electron chi connectivity index (χ2n) is 7.93. The van der Waals surface area contributed by atoms with E-state index in [0.29, 0.717) is 37.9 Å². The smallest absolute Gasteiger partial charge is 0.214 e. The van der Waals surface area contributed by atoms with Crippen LogP contribution in [-0.4, -0.2) is 55.6 Å². The molecule has 1 aliphatic heterocycles. The van der Waals surface area contributed by atoms with Gasteiger partial charge < -0.3 is 15.1 Å². The van der Waals surface area contributed by atoms with Gasteiger partial charge in [0.25, 0.3) is 0 Å². The molecule has 0 spiro atoms. The molecule has 0 radical (unpaired) electrons. The maximum Gasteiger partial charge on any atom is 0.214 e. The van der Waals surface area contributed by atoms with E-state index in [1.165, 1.54) is 0 Å². The van der Waals surface area contributed by atoms with E-state index in [1.807, 2.05) is 6.92 Å². The van der Waals surface area contributed by atoms with Crippen LogP contribution in [-0.2, 0) is 22.0 Å². The van der Waals surface area contributed by atoms with Crippen LogP contribution in [0.5, 0.6) is 0 Å². The molecule has 0 aromatic carbocycles. The lowest BCUT2D eigenvalue weighted by molar-refractivity contribution is 0.305. The lowest BCUT2D eigenvalue weighted by atomic mass is 9.94. The zero-order valence-electron chi connectivity index (χ0n) is 17.5. The van der Waals surface area contributed by atoms with E-state index in [-0.39, 0.29) is 41.2 Å². The second-order valence-corrected chi connectivity index (χ2v) is 10.0. The Kier molecular flexibility index (Phi) is 9.68. The van der Waals surface area contributed by atoms with Crippen molar-refractivity contribution in [2.45, 2.75) is 65.0 Å². The van der Waals surface area contributed by atoms with Crippen molar-refractivity contribution in [3.05, 3.63) is 17.8 Å². The van der Waals surface area contributed by atoms with E-state index in [1.54, 1.807) is 17.5 Å². The molecule has 1 fully saturated rings. The molecule has 1 aliphatic rings. The monoisotopic (exact) mass is 527 g/mol. The molecular weight excluding hydrogens is 493 g/mol. The molecule has 10 heteroatoms. The average Bonchev–Trinajstić information content (AvgIpc) is 3.08. The first kappa shape index (κ1) is 25.2. The number of rotatable bonds is 6. The Balaban J connectivity index is 0.00000392. The minimum Gasteiger partial charge on any atom is -0.443 e. The zero-order valence-corrected chi connectivity index (χ0v) is 20.6. The van der Waals surface area contributed by atoms with Gasteiger partial charge in [-0.05, 0) is 19.3 Å². The van der Waals surface area contributed by atoms with Crippen molar-refractivity contribution in [2.24, 2.45) is 4.99 Å². The number of hydrogen-bond donors (Lipinski definition) is 2. The van der Waals surface area contributed by atoms with Crippen molar-refractivity contribution in [1.82, 2.24) is 19.9 Å². The van der Waals surface area contributed by atoms with Gasteiger partial charge in [0.2, 0.25) is 15.9 Å². The molecule has 8 nitrogen and oxygen atoms in total. The standard InChI is InChI=1S/C18H33N5O3S.HI/c1-6-11-27(24,25)23-9-7-14(8-10-23)22-17(19-5)21-13-16-20-12-15(26-16)18(2,3)4;/h12,14H,6-11,13H2,1-5H3,(H2,19,21,22);1H. The normalized spacial score (nSPS) is 17.2. The van der Waals surface area contributed by atoms with Crippen molar-refractivity contribution in [2.75, 3.05) is 25.9 Å². The Labute approximate surface area is 186 Å². The summed E-state index contributed by atoms with van der Waals surface area (Å²) in [4.78, 5) is 8.55. The van der Waals surface area contributed by atoms with Gasteiger partial charge in [-0.1, -0.05) is 27.7 Å². The zero-order chi connectivity index (χ0) is 20.1. The first-order valence-electron chi connectivity index (χ1n) is 9.56. The van der Waals surface area contributed by atoms with Crippen molar-refractivity contribution in [3.63, 3.8) is 0 Å². The fourth-order valence-corrected chi connectivity index (χ4v) is 4.49. The molecule has 0 saturated carbocycles. The number of aliphatic imine (C=N–C) groups is 1. The van der Waals surface area contributed by atoms with Gasteiger partial charge in [-0.3, -0.25) is 4.99 Å². The van der Waals surface area contributed by atoms with Crippen LogP contribution < -0.4 is 10.6 Å². The first-order chi connectivity index (χ1) is 12.7.